The van der Waals surface area contributed by atoms with Crippen molar-refractivity contribution in [2.24, 2.45) is 0 Å². The van der Waals surface area contributed by atoms with Crippen molar-refractivity contribution in [3.63, 3.8) is 0 Å². The molecular weight excluding hydrogens is 447 g/mol. The van der Waals surface area contributed by atoms with Crippen LogP contribution in [0.15, 0.2) is 46.9 Å². The fourth-order valence-corrected chi connectivity index (χ4v) is 4.63. The molecule has 0 fully saturated rings. The lowest BCUT2D eigenvalue weighted by molar-refractivity contribution is -0.137. The molecule has 0 radical (unpaired) electrons. The molecule has 0 spiro atoms. The van der Waals surface area contributed by atoms with Gasteiger partial charge in [-0.15, -0.1) is 11.3 Å². The molecule has 0 aliphatic rings. The quantitative estimate of drug-likeness (QED) is 0.278. The van der Waals surface area contributed by atoms with E-state index in [1.807, 2.05) is 6.26 Å². The first-order valence-corrected chi connectivity index (χ1v) is 11.0. The maximum Gasteiger partial charge on any atom is 0.417 e. The number of benzene rings is 2. The van der Waals surface area contributed by atoms with Gasteiger partial charge in [0.15, 0.2) is 4.34 Å². The van der Waals surface area contributed by atoms with Crippen molar-refractivity contribution in [2.45, 2.75) is 10.5 Å². The Hall–Kier alpha value is -2.98. The average Bonchev–Trinajstić information content (AvgIpc) is 3.37. The Morgan fingerprint density at radius 3 is 2.71 bits per heavy atom. The molecule has 0 amide bonds. The van der Waals surface area contributed by atoms with Gasteiger partial charge in [-0.05, 0) is 47.7 Å². The summed E-state index contributed by atoms with van der Waals surface area (Å²) in [5, 5.41) is 18.1. The SMILES string of the molecule is COc1ccc(C=C(c2ccc3[nH]ncc3c2)c2sc(SC)nc2O)c(C(F)(F)F)c1. The molecule has 10 heteroatoms. The number of thiazole rings is 1. The van der Waals surface area contributed by atoms with Crippen molar-refractivity contribution in [2.75, 3.05) is 13.4 Å². The number of methoxy groups -OCH3 is 1. The van der Waals surface area contributed by atoms with Crippen molar-refractivity contribution in [1.82, 2.24) is 15.2 Å². The van der Waals surface area contributed by atoms with Crippen LogP contribution in [0.25, 0.3) is 22.6 Å². The van der Waals surface area contributed by atoms with Gasteiger partial charge in [0.1, 0.15) is 5.75 Å². The fraction of sp³-hybridized carbons (Fsp3) is 0.143. The van der Waals surface area contributed by atoms with Crippen molar-refractivity contribution in [3.05, 3.63) is 64.2 Å². The summed E-state index contributed by atoms with van der Waals surface area (Å²) in [6.07, 6.45) is 0.278. The predicted molar refractivity (Wildman–Crippen MR) is 117 cm³/mol. The maximum atomic E-state index is 13.8. The zero-order valence-electron chi connectivity index (χ0n) is 16.3. The lowest BCUT2D eigenvalue weighted by Crippen LogP contribution is -2.08. The number of rotatable bonds is 5. The van der Waals surface area contributed by atoms with Gasteiger partial charge in [0.05, 0.1) is 29.3 Å². The lowest BCUT2D eigenvalue weighted by atomic mass is 9.97. The van der Waals surface area contributed by atoms with E-state index in [2.05, 4.69) is 15.2 Å². The van der Waals surface area contributed by atoms with Crippen molar-refractivity contribution < 1.29 is 23.0 Å². The number of nitrogens with zero attached hydrogens (tertiary/aromatic N) is 2. The third kappa shape index (κ3) is 4.26. The minimum Gasteiger partial charge on any atom is -0.497 e. The molecule has 2 aromatic heterocycles. The number of aromatic hydroxyl groups is 1. The Kier molecular flexibility index (Phi) is 5.67. The smallest absolute Gasteiger partial charge is 0.417 e. The number of hydrogen-bond donors (Lipinski definition) is 2. The number of hydrogen-bond acceptors (Lipinski definition) is 6. The van der Waals surface area contributed by atoms with Crippen LogP contribution >= 0.6 is 23.1 Å². The molecule has 2 N–H and O–H groups in total. The molecule has 0 unspecified atom stereocenters. The van der Waals surface area contributed by atoms with Crippen LogP contribution in [0.3, 0.4) is 0 Å². The van der Waals surface area contributed by atoms with E-state index in [0.717, 1.165) is 17.0 Å². The van der Waals surface area contributed by atoms with Gasteiger partial charge in [0, 0.05) is 11.0 Å². The van der Waals surface area contributed by atoms with Crippen LogP contribution in [-0.2, 0) is 6.18 Å². The summed E-state index contributed by atoms with van der Waals surface area (Å²) in [6.45, 7) is 0. The Labute approximate surface area is 183 Å². The van der Waals surface area contributed by atoms with E-state index in [9.17, 15) is 18.3 Å². The van der Waals surface area contributed by atoms with Gasteiger partial charge in [-0.2, -0.15) is 23.3 Å². The molecule has 4 rings (SSSR count). The number of alkyl halides is 3. The van der Waals surface area contributed by atoms with Crippen molar-refractivity contribution >= 4 is 45.7 Å². The predicted octanol–water partition coefficient (Wildman–Crippen LogP) is 6.06. The molecule has 0 bridgehead atoms. The number of aromatic amines is 1. The molecule has 5 nitrogen and oxygen atoms in total. The maximum absolute atomic E-state index is 13.8. The van der Waals surface area contributed by atoms with E-state index >= 15 is 0 Å². The third-order valence-corrected chi connectivity index (χ3v) is 6.69. The van der Waals surface area contributed by atoms with Gasteiger partial charge >= 0.3 is 6.18 Å². The highest BCUT2D eigenvalue weighted by atomic mass is 32.2. The topological polar surface area (TPSA) is 71.0 Å². The first-order valence-electron chi connectivity index (χ1n) is 8.94. The summed E-state index contributed by atoms with van der Waals surface area (Å²) in [5.74, 6) is -0.119. The normalized spacial score (nSPS) is 12.5. The first kappa shape index (κ1) is 21.3. The number of nitrogens with one attached hydrogen (secondary N) is 1. The molecule has 160 valence electrons. The summed E-state index contributed by atoms with van der Waals surface area (Å²) >= 11 is 2.56. The zero-order valence-corrected chi connectivity index (χ0v) is 18.0. The summed E-state index contributed by atoms with van der Waals surface area (Å²) in [6, 6.07) is 9.14. The number of H-pyrrole nitrogens is 1. The second-order valence-electron chi connectivity index (χ2n) is 6.52. The molecule has 0 atom stereocenters. The van der Waals surface area contributed by atoms with E-state index in [-0.39, 0.29) is 17.2 Å². The Morgan fingerprint density at radius 2 is 2.03 bits per heavy atom. The number of aromatic nitrogens is 3. The van der Waals surface area contributed by atoms with Crippen molar-refractivity contribution in [1.29, 1.82) is 0 Å². The number of thioether (sulfide) groups is 1. The monoisotopic (exact) mass is 463 g/mol. The van der Waals surface area contributed by atoms with Crippen LogP contribution < -0.4 is 4.74 Å². The van der Waals surface area contributed by atoms with E-state index in [1.165, 1.54) is 48.4 Å². The number of halogens is 3. The van der Waals surface area contributed by atoms with E-state index < -0.39 is 11.7 Å². The van der Waals surface area contributed by atoms with Crippen LogP contribution in [0.1, 0.15) is 21.6 Å². The van der Waals surface area contributed by atoms with Gasteiger partial charge in [0.2, 0.25) is 5.88 Å². The highest BCUT2D eigenvalue weighted by Crippen LogP contribution is 2.42. The average molecular weight is 464 g/mol. The van der Waals surface area contributed by atoms with E-state index in [0.29, 0.717) is 20.4 Å². The Bertz CT molecular complexity index is 1280. The number of ether oxygens (including phenoxy) is 1. The molecule has 0 saturated carbocycles. The zero-order chi connectivity index (χ0) is 22.2. The van der Waals surface area contributed by atoms with Crippen LogP contribution in [0.4, 0.5) is 13.2 Å². The van der Waals surface area contributed by atoms with E-state index in [4.69, 9.17) is 4.74 Å². The lowest BCUT2D eigenvalue weighted by Gasteiger charge is -2.14. The Morgan fingerprint density at radius 1 is 1.23 bits per heavy atom. The van der Waals surface area contributed by atoms with Crippen LogP contribution in [0, 0.1) is 0 Å². The summed E-state index contributed by atoms with van der Waals surface area (Å²) in [7, 11) is 1.32. The molecule has 4 aromatic rings. The first-order chi connectivity index (χ1) is 14.8. The number of fused-ring (bicyclic) bond motifs is 1. The summed E-state index contributed by atoms with van der Waals surface area (Å²) in [5.41, 5.74) is 0.970. The largest absolute Gasteiger partial charge is 0.497 e. The van der Waals surface area contributed by atoms with Crippen LogP contribution in [0.2, 0.25) is 0 Å². The molecular formula is C21H16F3N3O2S2. The Balaban J connectivity index is 1.97. The fourth-order valence-electron chi connectivity index (χ4n) is 3.14. The minimum atomic E-state index is -4.58. The highest BCUT2D eigenvalue weighted by Gasteiger charge is 2.33. The molecule has 2 aromatic carbocycles. The molecule has 0 aliphatic heterocycles. The summed E-state index contributed by atoms with van der Waals surface area (Å²) in [4.78, 5) is 4.49. The minimum absolute atomic E-state index is 0.0471. The molecule has 0 aliphatic carbocycles. The second kappa shape index (κ2) is 8.27. The van der Waals surface area contributed by atoms with Gasteiger partial charge in [0.25, 0.3) is 0 Å². The summed E-state index contributed by atoms with van der Waals surface area (Å²) < 4.78 is 46.9. The van der Waals surface area contributed by atoms with Gasteiger partial charge in [-0.1, -0.05) is 23.9 Å². The highest BCUT2D eigenvalue weighted by molar-refractivity contribution is 8.00. The van der Waals surface area contributed by atoms with Crippen LogP contribution in [-0.4, -0.2) is 33.7 Å². The van der Waals surface area contributed by atoms with Gasteiger partial charge < -0.3 is 9.84 Å². The van der Waals surface area contributed by atoms with Gasteiger partial charge in [-0.25, -0.2) is 0 Å². The second-order valence-corrected chi connectivity index (χ2v) is 8.57. The van der Waals surface area contributed by atoms with Crippen LogP contribution in [0.5, 0.6) is 11.6 Å². The molecule has 31 heavy (non-hydrogen) atoms. The van der Waals surface area contributed by atoms with Gasteiger partial charge in [-0.3, -0.25) is 5.10 Å². The standard InChI is InChI=1S/C21H16F3N3O2S2/c1-29-14-5-3-12(16(9-14)21(22,23)24)8-15(18-19(28)26-20(30-2)31-18)11-4-6-17-13(7-11)10-25-27-17/h3-10,28H,1-2H3,(H,25,27). The molecule has 0 saturated heterocycles. The van der Waals surface area contributed by atoms with E-state index in [1.54, 1.807) is 24.4 Å². The molecule has 2 heterocycles. The third-order valence-electron chi connectivity index (χ3n) is 4.63. The van der Waals surface area contributed by atoms with Crippen molar-refractivity contribution in [3.8, 4) is 11.6 Å².